The number of ether oxygens (including phenoxy) is 2. The molecule has 1 aliphatic carbocycles. The number of aliphatic hydroxyl groups is 1. The minimum Gasteiger partial charge on any atom is -0.507 e. The van der Waals surface area contributed by atoms with Crippen LogP contribution in [0.4, 0.5) is 0 Å². The van der Waals surface area contributed by atoms with Gasteiger partial charge in [-0.1, -0.05) is 6.07 Å². The highest BCUT2D eigenvalue weighted by Gasteiger charge is 2.28. The van der Waals surface area contributed by atoms with Crippen LogP contribution in [-0.4, -0.2) is 31.2 Å². The van der Waals surface area contributed by atoms with Gasteiger partial charge < -0.3 is 14.6 Å². The quantitative estimate of drug-likeness (QED) is 0.834. The smallest absolute Gasteiger partial charge is 0.180 e. The summed E-state index contributed by atoms with van der Waals surface area (Å²) >= 11 is 0. The Hall–Kier alpha value is -2.32. The molecule has 2 rings (SSSR count). The molecule has 1 aromatic carbocycles. The first-order chi connectivity index (χ1) is 9.17. The van der Waals surface area contributed by atoms with Gasteiger partial charge in [0.25, 0.3) is 0 Å². The summed E-state index contributed by atoms with van der Waals surface area (Å²) in [5, 5.41) is 18.8. The van der Waals surface area contributed by atoms with Crippen molar-refractivity contribution in [2.24, 2.45) is 0 Å². The van der Waals surface area contributed by atoms with Crippen molar-refractivity contribution < 1.29 is 19.4 Å². The fraction of sp³-hybridized carbons (Fsp3) is 0.286. The molecule has 1 aliphatic rings. The van der Waals surface area contributed by atoms with E-state index >= 15 is 0 Å². The van der Waals surface area contributed by atoms with E-state index in [1.165, 1.54) is 0 Å². The summed E-state index contributed by atoms with van der Waals surface area (Å²) in [4.78, 5) is 11.6. The summed E-state index contributed by atoms with van der Waals surface area (Å²) in [5.41, 5.74) is 0.965. The molecule has 0 amide bonds. The molecule has 0 aliphatic heterocycles. The lowest BCUT2D eigenvalue weighted by molar-refractivity contribution is -0.115. The van der Waals surface area contributed by atoms with Gasteiger partial charge in [-0.2, -0.15) is 5.26 Å². The normalized spacial score (nSPS) is 17.4. The predicted molar refractivity (Wildman–Crippen MR) is 67.8 cm³/mol. The van der Waals surface area contributed by atoms with Gasteiger partial charge in [0.2, 0.25) is 0 Å². The molecule has 0 saturated carbocycles. The number of hydrogen-bond donors (Lipinski definition) is 1. The van der Waals surface area contributed by atoms with E-state index in [1.807, 2.05) is 6.07 Å². The van der Waals surface area contributed by atoms with Gasteiger partial charge in [-0.05, 0) is 17.7 Å². The Morgan fingerprint density at radius 3 is 2.89 bits per heavy atom. The second-order valence-electron chi connectivity index (χ2n) is 4.08. The van der Waals surface area contributed by atoms with E-state index < -0.39 is 11.7 Å². The van der Waals surface area contributed by atoms with Gasteiger partial charge in [-0.15, -0.1) is 0 Å². The van der Waals surface area contributed by atoms with E-state index in [0.29, 0.717) is 30.1 Å². The second kappa shape index (κ2) is 5.55. The van der Waals surface area contributed by atoms with E-state index in [0.717, 1.165) is 6.08 Å². The van der Waals surface area contributed by atoms with E-state index in [2.05, 4.69) is 0 Å². The Bertz CT molecular complexity index is 571. The van der Waals surface area contributed by atoms with Gasteiger partial charge in [-0.3, -0.25) is 4.79 Å². The molecule has 0 aromatic heterocycles. The van der Waals surface area contributed by atoms with Crippen molar-refractivity contribution in [2.75, 3.05) is 20.3 Å². The number of nitriles is 1. The summed E-state index contributed by atoms with van der Waals surface area (Å²) in [7, 11) is 1.58. The fourth-order valence-corrected chi connectivity index (χ4v) is 1.92. The zero-order chi connectivity index (χ0) is 13.8. The van der Waals surface area contributed by atoms with Gasteiger partial charge in [0.05, 0.1) is 12.7 Å². The van der Waals surface area contributed by atoms with Gasteiger partial charge in [0, 0.05) is 18.7 Å². The first kappa shape index (κ1) is 13.1. The van der Waals surface area contributed by atoms with Crippen LogP contribution in [0, 0.1) is 11.3 Å². The molecule has 1 N–H and O–H groups in total. The third-order valence-corrected chi connectivity index (χ3v) is 2.86. The number of aliphatic hydroxyl groups excluding tert-OH is 1. The molecular weight excluding hydrogens is 246 g/mol. The molecule has 0 spiro atoms. The Morgan fingerprint density at radius 1 is 1.42 bits per heavy atom. The highest BCUT2D eigenvalue weighted by molar-refractivity contribution is 6.05. The van der Waals surface area contributed by atoms with Crippen LogP contribution in [0.3, 0.4) is 0 Å². The maximum absolute atomic E-state index is 11.6. The number of methoxy groups -OCH3 is 1. The minimum atomic E-state index is -0.862. The zero-order valence-electron chi connectivity index (χ0n) is 10.4. The van der Waals surface area contributed by atoms with Crippen LogP contribution in [0.1, 0.15) is 17.0 Å². The molecule has 19 heavy (non-hydrogen) atoms. The Labute approximate surface area is 110 Å². The molecule has 5 heteroatoms. The summed E-state index contributed by atoms with van der Waals surface area (Å²) in [6.45, 7) is 0.846. The van der Waals surface area contributed by atoms with Crippen LogP contribution in [0.5, 0.6) is 5.75 Å². The molecule has 0 saturated heterocycles. The maximum atomic E-state index is 11.6. The first-order valence-electron chi connectivity index (χ1n) is 5.77. The SMILES string of the molecule is COCCOc1ccc2c(c1)C(O)=CC(=O)C2C#N. The van der Waals surface area contributed by atoms with Gasteiger partial charge in [0.1, 0.15) is 24.0 Å². The number of allylic oxidation sites excluding steroid dienone is 1. The first-order valence-corrected chi connectivity index (χ1v) is 5.77. The highest BCUT2D eigenvalue weighted by Crippen LogP contribution is 2.33. The van der Waals surface area contributed by atoms with Gasteiger partial charge in [-0.25, -0.2) is 0 Å². The number of nitrogens with zero attached hydrogens (tertiary/aromatic N) is 1. The average Bonchev–Trinajstić information content (AvgIpc) is 2.40. The molecule has 0 bridgehead atoms. The number of benzene rings is 1. The molecule has 1 atom stereocenters. The number of carbonyl (C=O) groups excluding carboxylic acids is 1. The standard InChI is InChI=1S/C14H13NO4/c1-18-4-5-19-9-2-3-10-11(6-9)13(16)7-14(17)12(10)8-15/h2-3,6-7,12,16H,4-5H2,1H3. The number of hydrogen-bond acceptors (Lipinski definition) is 5. The van der Waals surface area contributed by atoms with Crippen molar-refractivity contribution in [3.63, 3.8) is 0 Å². The van der Waals surface area contributed by atoms with Crippen LogP contribution in [0.15, 0.2) is 24.3 Å². The second-order valence-corrected chi connectivity index (χ2v) is 4.08. The third-order valence-electron chi connectivity index (χ3n) is 2.86. The molecule has 98 valence electrons. The monoisotopic (exact) mass is 259 g/mol. The highest BCUT2D eigenvalue weighted by atomic mass is 16.5. The van der Waals surface area contributed by atoms with Crippen LogP contribution in [0.2, 0.25) is 0 Å². The average molecular weight is 259 g/mol. The summed E-state index contributed by atoms with van der Waals surface area (Å²) in [6, 6.07) is 6.86. The molecule has 1 aromatic rings. The van der Waals surface area contributed by atoms with E-state index in [-0.39, 0.29) is 5.76 Å². The number of ketones is 1. The summed E-state index contributed by atoms with van der Waals surface area (Å²) < 4.78 is 10.3. The Kier molecular flexibility index (Phi) is 3.83. The van der Waals surface area contributed by atoms with Crippen molar-refractivity contribution >= 4 is 11.5 Å². The van der Waals surface area contributed by atoms with Crippen molar-refractivity contribution in [1.82, 2.24) is 0 Å². The number of carbonyl (C=O) groups is 1. The van der Waals surface area contributed by atoms with Crippen molar-refractivity contribution in [1.29, 1.82) is 5.26 Å². The predicted octanol–water partition coefficient (Wildman–Crippen LogP) is 1.80. The molecule has 1 unspecified atom stereocenters. The summed E-state index contributed by atoms with van der Waals surface area (Å²) in [5.74, 6) is -0.843. The van der Waals surface area contributed by atoms with E-state index in [1.54, 1.807) is 25.3 Å². The van der Waals surface area contributed by atoms with Crippen LogP contribution < -0.4 is 4.74 Å². The van der Waals surface area contributed by atoms with Crippen molar-refractivity contribution in [2.45, 2.75) is 5.92 Å². The van der Waals surface area contributed by atoms with Crippen molar-refractivity contribution in [3.8, 4) is 11.8 Å². The van der Waals surface area contributed by atoms with Crippen molar-refractivity contribution in [3.05, 3.63) is 35.4 Å². The number of fused-ring (bicyclic) bond motifs is 1. The van der Waals surface area contributed by atoms with Gasteiger partial charge in [0.15, 0.2) is 5.78 Å². The Balaban J connectivity index is 2.31. The molecule has 0 heterocycles. The van der Waals surface area contributed by atoms with Crippen LogP contribution >= 0.6 is 0 Å². The topological polar surface area (TPSA) is 79.5 Å². The van der Waals surface area contributed by atoms with Gasteiger partial charge >= 0.3 is 0 Å². The third kappa shape index (κ3) is 2.59. The largest absolute Gasteiger partial charge is 0.507 e. The molecule has 0 radical (unpaired) electrons. The maximum Gasteiger partial charge on any atom is 0.180 e. The lowest BCUT2D eigenvalue weighted by Crippen LogP contribution is -2.16. The Morgan fingerprint density at radius 2 is 2.21 bits per heavy atom. The van der Waals surface area contributed by atoms with E-state index in [4.69, 9.17) is 14.7 Å². The number of rotatable bonds is 4. The minimum absolute atomic E-state index is 0.135. The molecule has 5 nitrogen and oxygen atoms in total. The van der Waals surface area contributed by atoms with E-state index in [9.17, 15) is 9.90 Å². The zero-order valence-corrected chi connectivity index (χ0v) is 10.4. The van der Waals surface area contributed by atoms with Crippen LogP contribution in [-0.2, 0) is 9.53 Å². The molecular formula is C14H13NO4. The summed E-state index contributed by atoms with van der Waals surface area (Å²) in [6.07, 6.45) is 1.08. The lowest BCUT2D eigenvalue weighted by Gasteiger charge is -2.18. The lowest BCUT2D eigenvalue weighted by atomic mass is 9.86. The fourth-order valence-electron chi connectivity index (χ4n) is 1.92. The molecule has 0 fully saturated rings. The van der Waals surface area contributed by atoms with Crippen LogP contribution in [0.25, 0.3) is 5.76 Å².